The van der Waals surface area contributed by atoms with Crippen LogP contribution in [0.4, 0.5) is 0 Å². The van der Waals surface area contributed by atoms with Crippen LogP contribution in [0.25, 0.3) is 0 Å². The van der Waals surface area contributed by atoms with Gasteiger partial charge in [-0.05, 0) is 24.6 Å². The second-order valence-corrected chi connectivity index (χ2v) is 4.55. The maximum Gasteiger partial charge on any atom is 0.330 e. The van der Waals surface area contributed by atoms with Crippen LogP contribution >= 0.6 is 15.9 Å². The van der Waals surface area contributed by atoms with Crippen LogP contribution in [0, 0.1) is 6.92 Å². The molecule has 0 saturated carbocycles. The van der Waals surface area contributed by atoms with Gasteiger partial charge in [0.25, 0.3) is 5.91 Å². The largest absolute Gasteiger partial charge is 0.467 e. The third kappa shape index (κ3) is 3.54. The fraction of sp³-hybridized carbons (Fsp3) is 0.333. The van der Waals surface area contributed by atoms with Crippen LogP contribution in [0.2, 0.25) is 0 Å². The molecule has 6 heteroatoms. The van der Waals surface area contributed by atoms with Gasteiger partial charge in [-0.3, -0.25) is 4.79 Å². The van der Waals surface area contributed by atoms with Crippen molar-refractivity contribution < 1.29 is 19.4 Å². The highest BCUT2D eigenvalue weighted by Crippen LogP contribution is 2.17. The molecule has 0 radical (unpaired) electrons. The third-order valence-electron chi connectivity index (χ3n) is 2.41. The second-order valence-electron chi connectivity index (χ2n) is 3.70. The zero-order valence-electron chi connectivity index (χ0n) is 10.1. The minimum absolute atomic E-state index is 0.398. The third-order valence-corrected chi connectivity index (χ3v) is 3.26. The SMILES string of the molecule is COC(=O)[C@H](CO)NC(=O)c1ccc(C)c(Br)c1. The number of aliphatic hydroxyl groups is 1. The lowest BCUT2D eigenvalue weighted by Crippen LogP contribution is -2.44. The van der Waals surface area contributed by atoms with Crippen molar-refractivity contribution in [1.29, 1.82) is 0 Å². The summed E-state index contributed by atoms with van der Waals surface area (Å²) in [5, 5.41) is 11.4. The first-order valence-electron chi connectivity index (χ1n) is 5.25. The van der Waals surface area contributed by atoms with Gasteiger partial charge in [0.15, 0.2) is 6.04 Å². The number of rotatable bonds is 4. The number of carbonyl (C=O) groups excluding carboxylic acids is 2. The van der Waals surface area contributed by atoms with Crippen molar-refractivity contribution in [3.63, 3.8) is 0 Å². The number of carbonyl (C=O) groups is 2. The van der Waals surface area contributed by atoms with E-state index in [-0.39, 0.29) is 0 Å². The molecule has 0 bridgehead atoms. The van der Waals surface area contributed by atoms with Crippen LogP contribution in [-0.2, 0) is 9.53 Å². The highest BCUT2D eigenvalue weighted by Gasteiger charge is 2.21. The van der Waals surface area contributed by atoms with Gasteiger partial charge in [-0.25, -0.2) is 4.79 Å². The minimum Gasteiger partial charge on any atom is -0.467 e. The predicted molar refractivity (Wildman–Crippen MR) is 69.2 cm³/mol. The zero-order chi connectivity index (χ0) is 13.7. The first-order valence-corrected chi connectivity index (χ1v) is 6.04. The molecule has 1 rings (SSSR count). The monoisotopic (exact) mass is 315 g/mol. The minimum atomic E-state index is -1.05. The zero-order valence-corrected chi connectivity index (χ0v) is 11.7. The number of aliphatic hydroxyl groups excluding tert-OH is 1. The standard InChI is InChI=1S/C12H14BrNO4/c1-7-3-4-8(5-9(7)13)11(16)14-10(6-15)12(17)18-2/h3-5,10,15H,6H2,1-2H3,(H,14,16)/t10-/m0/s1. The van der Waals surface area contributed by atoms with Crippen molar-refractivity contribution >= 4 is 27.8 Å². The van der Waals surface area contributed by atoms with E-state index in [1.165, 1.54) is 7.11 Å². The second kappa shape index (κ2) is 6.51. The van der Waals surface area contributed by atoms with E-state index < -0.39 is 24.5 Å². The molecule has 0 heterocycles. The van der Waals surface area contributed by atoms with E-state index in [2.05, 4.69) is 26.0 Å². The Bertz CT molecular complexity index is 461. The van der Waals surface area contributed by atoms with E-state index >= 15 is 0 Å². The van der Waals surface area contributed by atoms with Gasteiger partial charge in [0.05, 0.1) is 13.7 Å². The highest BCUT2D eigenvalue weighted by molar-refractivity contribution is 9.10. The van der Waals surface area contributed by atoms with Gasteiger partial charge in [-0.2, -0.15) is 0 Å². The van der Waals surface area contributed by atoms with Gasteiger partial charge >= 0.3 is 5.97 Å². The molecule has 0 aliphatic carbocycles. The van der Waals surface area contributed by atoms with Gasteiger partial charge < -0.3 is 15.2 Å². The first-order chi connectivity index (χ1) is 8.49. The molecule has 0 aliphatic heterocycles. The number of ether oxygens (including phenoxy) is 1. The summed E-state index contributed by atoms with van der Waals surface area (Å²) in [6.07, 6.45) is 0. The number of halogens is 1. The summed E-state index contributed by atoms with van der Waals surface area (Å²) in [6, 6.07) is 4.02. The summed E-state index contributed by atoms with van der Waals surface area (Å²) in [4.78, 5) is 23.1. The van der Waals surface area contributed by atoms with E-state index in [0.29, 0.717) is 5.56 Å². The van der Waals surface area contributed by atoms with Crippen LogP contribution in [0.15, 0.2) is 22.7 Å². The van der Waals surface area contributed by atoms with Crippen molar-refractivity contribution in [2.45, 2.75) is 13.0 Å². The Balaban J connectivity index is 2.81. The molecule has 18 heavy (non-hydrogen) atoms. The molecule has 1 aromatic carbocycles. The fourth-order valence-corrected chi connectivity index (χ4v) is 1.68. The van der Waals surface area contributed by atoms with Gasteiger partial charge in [0.1, 0.15) is 0 Å². The van der Waals surface area contributed by atoms with E-state index in [1.54, 1.807) is 18.2 Å². The number of hydrogen-bond donors (Lipinski definition) is 2. The van der Waals surface area contributed by atoms with Crippen molar-refractivity contribution in [3.05, 3.63) is 33.8 Å². The summed E-state index contributed by atoms with van der Waals surface area (Å²) >= 11 is 3.32. The maximum atomic E-state index is 11.8. The first kappa shape index (κ1) is 14.7. The van der Waals surface area contributed by atoms with Gasteiger partial charge in [-0.15, -0.1) is 0 Å². The molecule has 1 atom stereocenters. The Morgan fingerprint density at radius 3 is 2.67 bits per heavy atom. The number of nitrogens with one attached hydrogen (secondary N) is 1. The molecule has 0 fully saturated rings. The number of methoxy groups -OCH3 is 1. The van der Waals surface area contributed by atoms with Crippen LogP contribution in [-0.4, -0.2) is 36.7 Å². The Hall–Kier alpha value is -1.40. The predicted octanol–water partition coefficient (Wildman–Crippen LogP) is 1.02. The molecule has 0 saturated heterocycles. The Kier molecular flexibility index (Phi) is 5.30. The van der Waals surface area contributed by atoms with E-state index in [1.807, 2.05) is 6.92 Å². The number of amides is 1. The summed E-state index contributed by atoms with van der Waals surface area (Å²) in [6.45, 7) is 1.39. The normalized spacial score (nSPS) is 11.8. The lowest BCUT2D eigenvalue weighted by atomic mass is 10.1. The summed E-state index contributed by atoms with van der Waals surface area (Å²) < 4.78 is 5.26. The molecular formula is C12H14BrNO4. The van der Waals surface area contributed by atoms with Crippen molar-refractivity contribution in [2.24, 2.45) is 0 Å². The highest BCUT2D eigenvalue weighted by atomic mass is 79.9. The summed E-state index contributed by atoms with van der Waals surface area (Å²) in [5.74, 6) is -1.13. The number of benzene rings is 1. The van der Waals surface area contributed by atoms with E-state index in [0.717, 1.165) is 10.0 Å². The Labute approximate surface area is 113 Å². The summed E-state index contributed by atoms with van der Waals surface area (Å²) in [5.41, 5.74) is 1.40. The van der Waals surface area contributed by atoms with Gasteiger partial charge in [0.2, 0.25) is 0 Å². The molecule has 1 aromatic rings. The Morgan fingerprint density at radius 1 is 1.50 bits per heavy atom. The van der Waals surface area contributed by atoms with Crippen LogP contribution in [0.5, 0.6) is 0 Å². The molecule has 0 unspecified atom stereocenters. The average Bonchev–Trinajstić information content (AvgIpc) is 2.37. The average molecular weight is 316 g/mol. The lowest BCUT2D eigenvalue weighted by molar-refractivity contribution is -0.143. The number of esters is 1. The molecule has 1 amide bonds. The van der Waals surface area contributed by atoms with Crippen molar-refractivity contribution in [1.82, 2.24) is 5.32 Å². The molecule has 5 nitrogen and oxygen atoms in total. The number of aryl methyl sites for hydroxylation is 1. The van der Waals surface area contributed by atoms with Crippen LogP contribution in [0.1, 0.15) is 15.9 Å². The topological polar surface area (TPSA) is 75.6 Å². The molecule has 0 aliphatic rings. The van der Waals surface area contributed by atoms with Crippen LogP contribution in [0.3, 0.4) is 0 Å². The van der Waals surface area contributed by atoms with Gasteiger partial charge in [0, 0.05) is 10.0 Å². The van der Waals surface area contributed by atoms with Crippen molar-refractivity contribution in [2.75, 3.05) is 13.7 Å². The molecule has 0 spiro atoms. The Morgan fingerprint density at radius 2 is 2.17 bits per heavy atom. The van der Waals surface area contributed by atoms with Crippen LogP contribution < -0.4 is 5.32 Å². The summed E-state index contributed by atoms with van der Waals surface area (Å²) in [7, 11) is 1.19. The molecule has 98 valence electrons. The quantitative estimate of drug-likeness (QED) is 0.813. The molecular weight excluding hydrogens is 302 g/mol. The van der Waals surface area contributed by atoms with Crippen molar-refractivity contribution in [3.8, 4) is 0 Å². The maximum absolute atomic E-state index is 11.8. The van der Waals surface area contributed by atoms with Gasteiger partial charge in [-0.1, -0.05) is 22.0 Å². The smallest absolute Gasteiger partial charge is 0.330 e. The van der Waals surface area contributed by atoms with E-state index in [9.17, 15) is 9.59 Å². The lowest BCUT2D eigenvalue weighted by Gasteiger charge is -2.14. The number of hydrogen-bond acceptors (Lipinski definition) is 4. The fourth-order valence-electron chi connectivity index (χ4n) is 1.30. The molecule has 0 aromatic heterocycles. The molecule has 2 N–H and O–H groups in total. The van der Waals surface area contributed by atoms with E-state index in [4.69, 9.17) is 5.11 Å².